The molecule has 1 N–H and O–H groups in total. The van der Waals surface area contributed by atoms with Gasteiger partial charge in [0.1, 0.15) is 5.60 Å². The Morgan fingerprint density at radius 2 is 1.96 bits per heavy atom. The van der Waals surface area contributed by atoms with Gasteiger partial charge in [-0.1, -0.05) is 12.1 Å². The molecule has 0 aliphatic carbocycles. The molecule has 0 spiro atoms. The predicted molar refractivity (Wildman–Crippen MR) is 81.6 cm³/mol. The molecule has 1 heterocycles. The maximum Gasteiger partial charge on any atom is 0.435 e. The Kier molecular flexibility index (Phi) is 4.86. The van der Waals surface area contributed by atoms with Crippen LogP contribution >= 0.6 is 0 Å². The number of carbonyl (C=O) groups is 1. The van der Waals surface area contributed by atoms with Gasteiger partial charge in [-0.2, -0.15) is 18.3 Å². The van der Waals surface area contributed by atoms with Gasteiger partial charge in [-0.3, -0.25) is 0 Å². The van der Waals surface area contributed by atoms with E-state index in [2.05, 4.69) is 10.4 Å². The van der Waals surface area contributed by atoms with Crippen molar-refractivity contribution in [3.63, 3.8) is 0 Å². The van der Waals surface area contributed by atoms with Gasteiger partial charge < -0.3 is 10.1 Å². The molecule has 0 atom stereocenters. The highest BCUT2D eigenvalue weighted by molar-refractivity contribution is 5.67. The number of rotatable bonds is 3. The third-order valence-corrected chi connectivity index (χ3v) is 2.89. The number of ether oxygens (including phenoxy) is 1. The molecule has 24 heavy (non-hydrogen) atoms. The highest BCUT2D eigenvalue weighted by atomic mass is 19.4. The average Bonchev–Trinajstić information content (AvgIpc) is 2.93. The lowest BCUT2D eigenvalue weighted by Crippen LogP contribution is -2.32. The van der Waals surface area contributed by atoms with Gasteiger partial charge in [-0.25, -0.2) is 9.48 Å². The Morgan fingerprint density at radius 1 is 1.25 bits per heavy atom. The molecule has 0 aliphatic rings. The Bertz CT molecular complexity index is 718. The zero-order chi connectivity index (χ0) is 18.0. The summed E-state index contributed by atoms with van der Waals surface area (Å²) in [7, 11) is 0. The van der Waals surface area contributed by atoms with Crippen LogP contribution in [-0.4, -0.2) is 21.5 Å². The van der Waals surface area contributed by atoms with Crippen molar-refractivity contribution in [3.05, 3.63) is 47.8 Å². The van der Waals surface area contributed by atoms with E-state index in [0.29, 0.717) is 11.3 Å². The maximum atomic E-state index is 12.6. The quantitative estimate of drug-likeness (QED) is 0.921. The molecule has 0 radical (unpaired) electrons. The van der Waals surface area contributed by atoms with Crippen LogP contribution in [0, 0.1) is 0 Å². The van der Waals surface area contributed by atoms with Gasteiger partial charge in [0.2, 0.25) is 0 Å². The van der Waals surface area contributed by atoms with Crippen LogP contribution in [0.1, 0.15) is 32.0 Å². The Labute approximate surface area is 137 Å². The molecule has 0 bridgehead atoms. The van der Waals surface area contributed by atoms with E-state index < -0.39 is 23.6 Å². The van der Waals surface area contributed by atoms with Crippen LogP contribution in [0.25, 0.3) is 5.69 Å². The van der Waals surface area contributed by atoms with E-state index in [9.17, 15) is 18.0 Å². The largest absolute Gasteiger partial charge is 0.444 e. The fourth-order valence-corrected chi connectivity index (χ4v) is 1.92. The van der Waals surface area contributed by atoms with Crippen LogP contribution in [0.4, 0.5) is 18.0 Å². The lowest BCUT2D eigenvalue weighted by Gasteiger charge is -2.19. The van der Waals surface area contributed by atoms with Crippen molar-refractivity contribution in [1.29, 1.82) is 0 Å². The number of halogens is 3. The van der Waals surface area contributed by atoms with E-state index in [1.165, 1.54) is 6.20 Å². The van der Waals surface area contributed by atoms with Crippen molar-refractivity contribution in [2.45, 2.75) is 39.1 Å². The molecule has 0 aliphatic heterocycles. The SMILES string of the molecule is CC(C)(C)OC(=O)NCc1cccc(-n2ccc(C(F)(F)F)n2)c1. The van der Waals surface area contributed by atoms with Crippen molar-refractivity contribution >= 4 is 6.09 Å². The summed E-state index contributed by atoms with van der Waals surface area (Å²) in [5.41, 5.74) is -0.384. The van der Waals surface area contributed by atoms with E-state index in [1.54, 1.807) is 45.0 Å². The zero-order valence-electron chi connectivity index (χ0n) is 13.5. The number of nitrogens with one attached hydrogen (secondary N) is 1. The van der Waals surface area contributed by atoms with Crippen LogP contribution in [0.15, 0.2) is 36.5 Å². The van der Waals surface area contributed by atoms with Crippen LogP contribution in [-0.2, 0) is 17.5 Å². The zero-order valence-corrected chi connectivity index (χ0v) is 13.5. The molecule has 8 heteroatoms. The lowest BCUT2D eigenvalue weighted by atomic mass is 10.2. The number of hydrogen-bond acceptors (Lipinski definition) is 3. The molecule has 1 aromatic heterocycles. The molecule has 1 amide bonds. The standard InChI is InChI=1S/C16H18F3N3O2/c1-15(2,3)24-14(23)20-10-11-5-4-6-12(9-11)22-8-7-13(21-22)16(17,18)19/h4-9H,10H2,1-3H3,(H,20,23). The van der Waals surface area contributed by atoms with E-state index in [4.69, 9.17) is 4.74 Å². The van der Waals surface area contributed by atoms with Crippen molar-refractivity contribution in [2.75, 3.05) is 0 Å². The second kappa shape index (κ2) is 6.54. The van der Waals surface area contributed by atoms with E-state index in [1.807, 2.05) is 0 Å². The van der Waals surface area contributed by atoms with Crippen molar-refractivity contribution in [1.82, 2.24) is 15.1 Å². The van der Waals surface area contributed by atoms with Crippen molar-refractivity contribution in [2.24, 2.45) is 0 Å². The van der Waals surface area contributed by atoms with Gasteiger partial charge in [-0.15, -0.1) is 0 Å². The molecule has 2 aromatic rings. The minimum Gasteiger partial charge on any atom is -0.444 e. The molecule has 0 unspecified atom stereocenters. The van der Waals surface area contributed by atoms with Crippen LogP contribution in [0.5, 0.6) is 0 Å². The number of benzene rings is 1. The summed E-state index contributed by atoms with van der Waals surface area (Å²) < 4.78 is 44.1. The Balaban J connectivity index is 2.07. The molecule has 1 aromatic carbocycles. The maximum absolute atomic E-state index is 12.6. The highest BCUT2D eigenvalue weighted by Crippen LogP contribution is 2.27. The van der Waals surface area contributed by atoms with Gasteiger partial charge in [0.25, 0.3) is 0 Å². The number of aromatic nitrogens is 2. The Morgan fingerprint density at radius 3 is 2.54 bits per heavy atom. The van der Waals surface area contributed by atoms with Gasteiger partial charge in [0.15, 0.2) is 5.69 Å². The number of alkyl carbamates (subject to hydrolysis) is 1. The van der Waals surface area contributed by atoms with Crippen LogP contribution in [0.3, 0.4) is 0 Å². The monoisotopic (exact) mass is 341 g/mol. The summed E-state index contributed by atoms with van der Waals surface area (Å²) in [5, 5.41) is 6.11. The minimum atomic E-state index is -4.48. The summed E-state index contributed by atoms with van der Waals surface area (Å²) in [4.78, 5) is 11.6. The molecular weight excluding hydrogens is 323 g/mol. The van der Waals surface area contributed by atoms with Gasteiger partial charge in [0, 0.05) is 12.7 Å². The lowest BCUT2D eigenvalue weighted by molar-refractivity contribution is -0.141. The number of nitrogens with zero attached hydrogens (tertiary/aromatic N) is 2. The first-order chi connectivity index (χ1) is 11.0. The predicted octanol–water partition coefficient (Wildman–Crippen LogP) is 3.92. The Hall–Kier alpha value is -2.51. The van der Waals surface area contributed by atoms with Gasteiger partial charge >= 0.3 is 12.3 Å². The van der Waals surface area contributed by atoms with E-state index in [-0.39, 0.29) is 6.54 Å². The summed E-state index contributed by atoms with van der Waals surface area (Å²) in [6.45, 7) is 5.45. The minimum absolute atomic E-state index is 0.191. The first-order valence-electron chi connectivity index (χ1n) is 7.24. The summed E-state index contributed by atoms with van der Waals surface area (Å²) in [5.74, 6) is 0. The first-order valence-corrected chi connectivity index (χ1v) is 7.24. The van der Waals surface area contributed by atoms with Crippen molar-refractivity contribution < 1.29 is 22.7 Å². The van der Waals surface area contributed by atoms with Crippen LogP contribution in [0.2, 0.25) is 0 Å². The van der Waals surface area contributed by atoms with Gasteiger partial charge in [-0.05, 0) is 44.5 Å². The normalized spacial score (nSPS) is 12.1. The van der Waals surface area contributed by atoms with E-state index in [0.717, 1.165) is 10.7 Å². The first kappa shape index (κ1) is 17.8. The molecular formula is C16H18F3N3O2. The summed E-state index contributed by atoms with van der Waals surface area (Å²) >= 11 is 0. The second-order valence-electron chi connectivity index (χ2n) is 6.17. The van der Waals surface area contributed by atoms with E-state index >= 15 is 0 Å². The molecule has 0 fully saturated rings. The third-order valence-electron chi connectivity index (χ3n) is 2.89. The summed E-state index contributed by atoms with van der Waals surface area (Å²) in [6, 6.07) is 7.60. The molecule has 5 nitrogen and oxygen atoms in total. The fraction of sp³-hybridized carbons (Fsp3) is 0.375. The third kappa shape index (κ3) is 5.00. The fourth-order valence-electron chi connectivity index (χ4n) is 1.92. The molecule has 130 valence electrons. The average molecular weight is 341 g/mol. The molecule has 0 saturated carbocycles. The summed E-state index contributed by atoms with van der Waals surface area (Å²) in [6.07, 6.45) is -3.81. The topological polar surface area (TPSA) is 56.1 Å². The van der Waals surface area contributed by atoms with Crippen LogP contribution < -0.4 is 5.32 Å². The smallest absolute Gasteiger partial charge is 0.435 e. The second-order valence-corrected chi connectivity index (χ2v) is 6.17. The van der Waals surface area contributed by atoms with Crippen molar-refractivity contribution in [3.8, 4) is 5.69 Å². The number of amides is 1. The number of alkyl halides is 3. The number of carbonyl (C=O) groups excluding carboxylic acids is 1. The van der Waals surface area contributed by atoms with Gasteiger partial charge in [0.05, 0.1) is 5.69 Å². The molecule has 2 rings (SSSR count). The molecule has 0 saturated heterocycles. The highest BCUT2D eigenvalue weighted by Gasteiger charge is 2.33. The number of hydrogen-bond donors (Lipinski definition) is 1.